The zero-order valence-electron chi connectivity index (χ0n) is 13.4. The van der Waals surface area contributed by atoms with Gasteiger partial charge in [-0.1, -0.05) is 6.07 Å². The molecule has 1 atom stereocenters. The summed E-state index contributed by atoms with van der Waals surface area (Å²) in [6, 6.07) is 5.53. The van der Waals surface area contributed by atoms with Crippen LogP contribution in [0.2, 0.25) is 0 Å². The van der Waals surface area contributed by atoms with Crippen LogP contribution in [0.25, 0.3) is 0 Å². The van der Waals surface area contributed by atoms with Gasteiger partial charge >= 0.3 is 0 Å². The van der Waals surface area contributed by atoms with Crippen molar-refractivity contribution in [3.8, 4) is 0 Å². The van der Waals surface area contributed by atoms with E-state index in [1.165, 1.54) is 6.07 Å². The number of H-pyrrole nitrogens is 1. The third-order valence-electron chi connectivity index (χ3n) is 3.88. The van der Waals surface area contributed by atoms with Crippen LogP contribution in [0.1, 0.15) is 23.2 Å². The molecule has 0 unspecified atom stereocenters. The molecule has 122 valence electrons. The smallest absolute Gasteiger partial charge is 0.251 e. The summed E-state index contributed by atoms with van der Waals surface area (Å²) in [5.41, 5.74) is 1.69. The van der Waals surface area contributed by atoms with Gasteiger partial charge in [0.2, 0.25) is 0 Å². The van der Waals surface area contributed by atoms with Gasteiger partial charge in [-0.3, -0.25) is 9.69 Å². The molecule has 0 radical (unpaired) electrons. The molecule has 7 nitrogen and oxygen atoms in total. The predicted molar refractivity (Wildman–Crippen MR) is 87.3 cm³/mol. The number of morpholine rings is 1. The van der Waals surface area contributed by atoms with E-state index in [1.807, 2.05) is 13.1 Å². The van der Waals surface area contributed by atoms with Gasteiger partial charge in [-0.2, -0.15) is 0 Å². The second kappa shape index (κ2) is 6.89. The van der Waals surface area contributed by atoms with Crippen molar-refractivity contribution in [2.75, 3.05) is 32.1 Å². The Kier molecular flexibility index (Phi) is 4.68. The van der Waals surface area contributed by atoms with Gasteiger partial charge in [-0.25, -0.2) is 9.97 Å². The molecular formula is C16H21N5O2. The Labute approximate surface area is 134 Å². The fraction of sp³-hybridized carbons (Fsp3) is 0.438. The number of pyridine rings is 1. The molecule has 2 aromatic heterocycles. The lowest BCUT2D eigenvalue weighted by atomic mass is 10.1. The number of hydrogen-bond donors (Lipinski definition) is 2. The van der Waals surface area contributed by atoms with Gasteiger partial charge < -0.3 is 15.0 Å². The molecule has 0 amide bonds. The van der Waals surface area contributed by atoms with Gasteiger partial charge in [0.25, 0.3) is 5.56 Å². The van der Waals surface area contributed by atoms with E-state index in [0.717, 1.165) is 24.5 Å². The summed E-state index contributed by atoms with van der Waals surface area (Å²) in [6.45, 7) is 4.73. The first-order valence-electron chi connectivity index (χ1n) is 7.69. The second-order valence-electron chi connectivity index (χ2n) is 5.61. The summed E-state index contributed by atoms with van der Waals surface area (Å²) in [5.74, 6) is 1.50. The number of hydrogen-bond acceptors (Lipinski definition) is 6. The first-order valence-corrected chi connectivity index (χ1v) is 7.69. The van der Waals surface area contributed by atoms with Crippen LogP contribution in [0.4, 0.5) is 5.82 Å². The summed E-state index contributed by atoms with van der Waals surface area (Å²) in [6.07, 6.45) is 1.60. The lowest BCUT2D eigenvalue weighted by molar-refractivity contribution is -0.0351. The average Bonchev–Trinajstić information content (AvgIpc) is 2.55. The predicted octanol–water partition coefficient (Wildman–Crippen LogP) is 1.09. The molecule has 3 heterocycles. The van der Waals surface area contributed by atoms with Crippen molar-refractivity contribution < 1.29 is 4.74 Å². The summed E-state index contributed by atoms with van der Waals surface area (Å²) >= 11 is 0. The summed E-state index contributed by atoms with van der Waals surface area (Å²) < 4.78 is 5.81. The molecule has 1 aliphatic rings. The molecule has 2 aromatic rings. The van der Waals surface area contributed by atoms with E-state index in [0.29, 0.717) is 24.7 Å². The topological polar surface area (TPSA) is 83.1 Å². The molecule has 23 heavy (non-hydrogen) atoms. The average molecular weight is 315 g/mol. The van der Waals surface area contributed by atoms with Gasteiger partial charge in [0.05, 0.1) is 12.3 Å². The second-order valence-corrected chi connectivity index (χ2v) is 5.61. The minimum absolute atomic E-state index is 0.141. The molecule has 7 heteroatoms. The van der Waals surface area contributed by atoms with Crippen LogP contribution >= 0.6 is 0 Å². The zero-order chi connectivity index (χ0) is 16.2. The standard InChI is InChI=1S/C16H21N5O2/c1-11-19-13(8-15(22)20-11)14-10-21(6-7-23-14)9-12-4-3-5-18-16(12)17-2/h3-5,8,14H,6-7,9-10H2,1-2H3,(H,17,18)(H,19,20,22)/t14-/m0/s1. The Balaban J connectivity index is 1.74. The summed E-state index contributed by atoms with van der Waals surface area (Å²) in [7, 11) is 1.87. The number of aromatic nitrogens is 3. The molecule has 1 saturated heterocycles. The van der Waals surface area contributed by atoms with E-state index >= 15 is 0 Å². The van der Waals surface area contributed by atoms with Crippen molar-refractivity contribution in [3.63, 3.8) is 0 Å². The maximum absolute atomic E-state index is 11.6. The molecular weight excluding hydrogens is 294 g/mol. The highest BCUT2D eigenvalue weighted by atomic mass is 16.5. The molecule has 0 aliphatic carbocycles. The lowest BCUT2D eigenvalue weighted by Crippen LogP contribution is -2.38. The van der Waals surface area contributed by atoms with Crippen molar-refractivity contribution in [1.29, 1.82) is 0 Å². The van der Waals surface area contributed by atoms with Gasteiger partial charge in [0.1, 0.15) is 17.7 Å². The van der Waals surface area contributed by atoms with Gasteiger partial charge in [-0.15, -0.1) is 0 Å². The Morgan fingerprint density at radius 2 is 2.39 bits per heavy atom. The molecule has 2 N–H and O–H groups in total. The maximum atomic E-state index is 11.6. The van der Waals surface area contributed by atoms with Gasteiger partial charge in [0.15, 0.2) is 0 Å². The van der Waals surface area contributed by atoms with Crippen LogP contribution in [0.5, 0.6) is 0 Å². The molecule has 1 aliphatic heterocycles. The van der Waals surface area contributed by atoms with E-state index in [9.17, 15) is 4.79 Å². The van der Waals surface area contributed by atoms with Crippen molar-refractivity contribution in [2.45, 2.75) is 19.6 Å². The normalized spacial score (nSPS) is 18.8. The zero-order valence-corrected chi connectivity index (χ0v) is 13.4. The Morgan fingerprint density at radius 3 is 3.17 bits per heavy atom. The lowest BCUT2D eigenvalue weighted by Gasteiger charge is -2.32. The number of aromatic amines is 1. The van der Waals surface area contributed by atoms with Crippen LogP contribution in [0.15, 0.2) is 29.2 Å². The van der Waals surface area contributed by atoms with Crippen LogP contribution in [-0.4, -0.2) is 46.6 Å². The van der Waals surface area contributed by atoms with Crippen LogP contribution in [0.3, 0.4) is 0 Å². The molecule has 0 saturated carbocycles. The number of rotatable bonds is 4. The highest BCUT2D eigenvalue weighted by molar-refractivity contribution is 5.42. The summed E-state index contributed by atoms with van der Waals surface area (Å²) in [4.78, 5) is 25.3. The Morgan fingerprint density at radius 1 is 1.52 bits per heavy atom. The third-order valence-corrected chi connectivity index (χ3v) is 3.88. The fourth-order valence-corrected chi connectivity index (χ4v) is 2.82. The van der Waals surface area contributed by atoms with Crippen molar-refractivity contribution >= 4 is 5.82 Å². The molecule has 3 rings (SSSR count). The van der Waals surface area contributed by atoms with Gasteiger partial charge in [-0.05, 0) is 13.0 Å². The minimum Gasteiger partial charge on any atom is -0.373 e. The number of anilines is 1. The van der Waals surface area contributed by atoms with E-state index in [1.54, 1.807) is 13.1 Å². The van der Waals surface area contributed by atoms with Gasteiger partial charge in [0, 0.05) is 44.5 Å². The number of ether oxygens (including phenoxy) is 1. The van der Waals surface area contributed by atoms with Crippen molar-refractivity contribution in [3.05, 3.63) is 51.8 Å². The summed E-state index contributed by atoms with van der Waals surface area (Å²) in [5, 5.41) is 3.12. The molecule has 0 spiro atoms. The van der Waals surface area contributed by atoms with E-state index in [-0.39, 0.29) is 11.7 Å². The van der Waals surface area contributed by atoms with Crippen molar-refractivity contribution in [1.82, 2.24) is 19.9 Å². The molecule has 0 aromatic carbocycles. The largest absolute Gasteiger partial charge is 0.373 e. The van der Waals surface area contributed by atoms with Crippen molar-refractivity contribution in [2.24, 2.45) is 0 Å². The molecule has 1 fully saturated rings. The highest BCUT2D eigenvalue weighted by Crippen LogP contribution is 2.22. The minimum atomic E-state index is -0.181. The number of nitrogens with zero attached hydrogens (tertiary/aromatic N) is 3. The Bertz CT molecular complexity index is 730. The maximum Gasteiger partial charge on any atom is 0.251 e. The van der Waals surface area contributed by atoms with Crippen LogP contribution < -0.4 is 10.9 Å². The van der Waals surface area contributed by atoms with E-state index < -0.39 is 0 Å². The first-order chi connectivity index (χ1) is 11.2. The third kappa shape index (κ3) is 3.75. The molecule has 0 bridgehead atoms. The van der Waals surface area contributed by atoms with Crippen LogP contribution in [0, 0.1) is 6.92 Å². The first kappa shape index (κ1) is 15.6. The van der Waals surface area contributed by atoms with Crippen LogP contribution in [-0.2, 0) is 11.3 Å². The van der Waals surface area contributed by atoms with E-state index in [2.05, 4.69) is 31.2 Å². The SMILES string of the molecule is CNc1ncccc1CN1CCO[C@H](c2cc(=O)[nH]c(C)n2)C1. The highest BCUT2D eigenvalue weighted by Gasteiger charge is 2.24. The quantitative estimate of drug-likeness (QED) is 0.879. The Hall–Kier alpha value is -2.25. The number of aryl methyl sites for hydroxylation is 1. The number of nitrogens with one attached hydrogen (secondary N) is 2. The van der Waals surface area contributed by atoms with E-state index in [4.69, 9.17) is 4.74 Å². The monoisotopic (exact) mass is 315 g/mol. The fourth-order valence-electron chi connectivity index (χ4n) is 2.82.